The third-order valence-electron chi connectivity index (χ3n) is 7.93. The van der Waals surface area contributed by atoms with Gasteiger partial charge in [0.05, 0.1) is 25.9 Å². The molecule has 5 rings (SSSR count). The van der Waals surface area contributed by atoms with Crippen LogP contribution in [-0.4, -0.2) is 49.2 Å². The maximum Gasteiger partial charge on any atom is 0.323 e. The maximum absolute atomic E-state index is 13.9. The second-order valence-electron chi connectivity index (χ2n) is 10.3. The van der Waals surface area contributed by atoms with Gasteiger partial charge >= 0.3 is 6.03 Å². The van der Waals surface area contributed by atoms with Crippen LogP contribution in [0.2, 0.25) is 0 Å². The summed E-state index contributed by atoms with van der Waals surface area (Å²) in [5.74, 6) is 1.77. The molecule has 2 fully saturated rings. The molecular weight excluding hydrogens is 456 g/mol. The minimum Gasteiger partial charge on any atom is -0.496 e. The van der Waals surface area contributed by atoms with Gasteiger partial charge in [0.25, 0.3) is 0 Å². The van der Waals surface area contributed by atoms with Crippen molar-refractivity contribution in [2.45, 2.75) is 58.0 Å². The van der Waals surface area contributed by atoms with Crippen LogP contribution < -0.4 is 25.4 Å². The lowest BCUT2D eigenvalue weighted by Gasteiger charge is -2.47. The SMILES string of the molecule is COc1cc(NC(=O)C2(N3Cc4c(C)ccc(OCC5CNC5)c4NC3=O)CCCCC2)ccc1C. The first-order valence-corrected chi connectivity index (χ1v) is 12.9. The largest absolute Gasteiger partial charge is 0.496 e. The van der Waals surface area contributed by atoms with Gasteiger partial charge < -0.3 is 30.3 Å². The van der Waals surface area contributed by atoms with Crippen LogP contribution in [0.15, 0.2) is 30.3 Å². The average Bonchev–Trinajstić information content (AvgIpc) is 2.85. The number of urea groups is 1. The smallest absolute Gasteiger partial charge is 0.323 e. The highest BCUT2D eigenvalue weighted by Crippen LogP contribution is 2.42. The molecule has 1 aliphatic carbocycles. The Morgan fingerprint density at radius 1 is 1.08 bits per heavy atom. The number of nitrogens with zero attached hydrogens (tertiary/aromatic N) is 1. The Morgan fingerprint density at radius 3 is 2.53 bits per heavy atom. The van der Waals surface area contributed by atoms with E-state index in [-0.39, 0.29) is 11.9 Å². The van der Waals surface area contributed by atoms with Crippen LogP contribution >= 0.6 is 0 Å². The molecule has 3 aliphatic rings. The van der Waals surface area contributed by atoms with Gasteiger partial charge in [-0.05, 0) is 49.9 Å². The normalized spacial score (nSPS) is 19.1. The van der Waals surface area contributed by atoms with E-state index in [0.29, 0.717) is 43.3 Å². The summed E-state index contributed by atoms with van der Waals surface area (Å²) in [5.41, 5.74) is 3.56. The Labute approximate surface area is 212 Å². The van der Waals surface area contributed by atoms with Crippen LogP contribution in [0.4, 0.5) is 16.2 Å². The molecule has 0 unspecified atom stereocenters. The summed E-state index contributed by atoms with van der Waals surface area (Å²) in [7, 11) is 1.62. The van der Waals surface area contributed by atoms with Crippen LogP contribution in [0.5, 0.6) is 11.5 Å². The van der Waals surface area contributed by atoms with E-state index in [1.54, 1.807) is 12.0 Å². The van der Waals surface area contributed by atoms with Gasteiger partial charge in [0.2, 0.25) is 5.91 Å². The van der Waals surface area contributed by atoms with E-state index in [4.69, 9.17) is 9.47 Å². The Kier molecular flexibility index (Phi) is 6.79. The summed E-state index contributed by atoms with van der Waals surface area (Å²) in [5, 5.41) is 9.45. The van der Waals surface area contributed by atoms with Crippen molar-refractivity contribution in [3.8, 4) is 11.5 Å². The number of amides is 3. The van der Waals surface area contributed by atoms with Crippen LogP contribution in [-0.2, 0) is 11.3 Å². The molecule has 1 saturated carbocycles. The molecule has 0 aromatic heterocycles. The van der Waals surface area contributed by atoms with Gasteiger partial charge in [-0.25, -0.2) is 4.79 Å². The Morgan fingerprint density at radius 2 is 1.83 bits per heavy atom. The van der Waals surface area contributed by atoms with Gasteiger partial charge in [-0.15, -0.1) is 0 Å². The van der Waals surface area contributed by atoms with Gasteiger partial charge in [0, 0.05) is 36.3 Å². The Hall–Kier alpha value is -3.26. The van der Waals surface area contributed by atoms with E-state index >= 15 is 0 Å². The monoisotopic (exact) mass is 492 g/mol. The fraction of sp³-hybridized carbons (Fsp3) is 0.500. The van der Waals surface area contributed by atoms with Gasteiger partial charge in [-0.2, -0.15) is 0 Å². The fourth-order valence-corrected chi connectivity index (χ4v) is 5.52. The van der Waals surface area contributed by atoms with E-state index in [2.05, 4.69) is 16.0 Å². The van der Waals surface area contributed by atoms with Crippen molar-refractivity contribution in [3.63, 3.8) is 0 Å². The number of rotatable bonds is 7. The number of benzene rings is 2. The van der Waals surface area contributed by atoms with E-state index in [0.717, 1.165) is 60.5 Å². The average molecular weight is 493 g/mol. The first kappa shape index (κ1) is 24.4. The summed E-state index contributed by atoms with van der Waals surface area (Å²) in [6.45, 7) is 6.91. The highest BCUT2D eigenvalue weighted by atomic mass is 16.5. The molecule has 3 amide bonds. The molecule has 3 N–H and O–H groups in total. The highest BCUT2D eigenvalue weighted by Gasteiger charge is 2.49. The molecule has 192 valence electrons. The Balaban J connectivity index is 1.43. The lowest BCUT2D eigenvalue weighted by atomic mass is 9.78. The molecule has 2 aromatic carbocycles. The van der Waals surface area contributed by atoms with Crippen molar-refractivity contribution >= 4 is 23.3 Å². The molecule has 36 heavy (non-hydrogen) atoms. The van der Waals surface area contributed by atoms with Gasteiger partial charge in [-0.1, -0.05) is 31.4 Å². The summed E-state index contributed by atoms with van der Waals surface area (Å²) in [6, 6.07) is 9.36. The predicted molar refractivity (Wildman–Crippen MR) is 140 cm³/mol. The van der Waals surface area contributed by atoms with E-state index in [9.17, 15) is 9.59 Å². The highest BCUT2D eigenvalue weighted by molar-refractivity contribution is 6.04. The second-order valence-corrected chi connectivity index (χ2v) is 10.3. The zero-order valence-electron chi connectivity index (χ0n) is 21.4. The second kappa shape index (κ2) is 10.0. The third-order valence-corrected chi connectivity index (χ3v) is 7.93. The minimum absolute atomic E-state index is 0.144. The molecule has 0 radical (unpaired) electrons. The number of hydrogen-bond acceptors (Lipinski definition) is 5. The van der Waals surface area contributed by atoms with Crippen molar-refractivity contribution in [1.29, 1.82) is 0 Å². The van der Waals surface area contributed by atoms with Gasteiger partial charge in [0.1, 0.15) is 17.0 Å². The first-order chi connectivity index (χ1) is 17.4. The summed E-state index contributed by atoms with van der Waals surface area (Å²) in [4.78, 5) is 29.2. The first-order valence-electron chi connectivity index (χ1n) is 12.9. The number of carbonyl (C=O) groups excluding carboxylic acids is 2. The van der Waals surface area contributed by atoms with Gasteiger partial charge in [0.15, 0.2) is 0 Å². The number of fused-ring (bicyclic) bond motifs is 1. The van der Waals surface area contributed by atoms with E-state index < -0.39 is 5.54 Å². The number of aryl methyl sites for hydroxylation is 2. The molecule has 8 heteroatoms. The molecule has 8 nitrogen and oxygen atoms in total. The van der Waals surface area contributed by atoms with Crippen molar-refractivity contribution in [2.24, 2.45) is 5.92 Å². The zero-order valence-corrected chi connectivity index (χ0v) is 21.4. The quantitative estimate of drug-likeness (QED) is 0.526. The number of methoxy groups -OCH3 is 1. The van der Waals surface area contributed by atoms with Crippen LogP contribution in [0.25, 0.3) is 0 Å². The molecule has 0 atom stereocenters. The molecule has 2 aromatic rings. The molecule has 0 spiro atoms. The van der Waals surface area contributed by atoms with Crippen LogP contribution in [0.1, 0.15) is 48.8 Å². The minimum atomic E-state index is -0.918. The standard InChI is InChI=1S/C28H36N4O4/c1-18-8-10-23(36-17-20-14-29-15-20)25-22(18)16-32(27(34)31-25)28(11-5-4-6-12-28)26(33)30-21-9-7-19(2)24(13-21)35-3/h7-10,13,20,29H,4-6,11-12,14-17H2,1-3H3,(H,30,33)(H,31,34). The number of carbonyl (C=O) groups is 2. The molecule has 1 saturated heterocycles. The number of nitrogens with one attached hydrogen (secondary N) is 3. The zero-order chi connectivity index (χ0) is 25.3. The number of ether oxygens (including phenoxy) is 2. The summed E-state index contributed by atoms with van der Waals surface area (Å²) in [6.07, 6.45) is 4.13. The number of hydrogen-bond donors (Lipinski definition) is 3. The van der Waals surface area contributed by atoms with Crippen molar-refractivity contribution in [2.75, 3.05) is 37.4 Å². The predicted octanol–water partition coefficient (Wildman–Crippen LogP) is 4.60. The molecule has 2 heterocycles. The topological polar surface area (TPSA) is 91.9 Å². The van der Waals surface area contributed by atoms with Crippen LogP contribution in [0, 0.1) is 19.8 Å². The fourth-order valence-electron chi connectivity index (χ4n) is 5.52. The van der Waals surface area contributed by atoms with Crippen molar-refractivity contribution in [3.05, 3.63) is 47.0 Å². The van der Waals surface area contributed by atoms with Crippen molar-refractivity contribution in [1.82, 2.24) is 10.2 Å². The van der Waals surface area contributed by atoms with Crippen LogP contribution in [0.3, 0.4) is 0 Å². The lowest BCUT2D eigenvalue weighted by molar-refractivity contribution is -0.128. The number of anilines is 2. The van der Waals surface area contributed by atoms with E-state index in [1.807, 2.05) is 44.2 Å². The third kappa shape index (κ3) is 4.50. The molecule has 0 bridgehead atoms. The van der Waals surface area contributed by atoms with Crippen molar-refractivity contribution < 1.29 is 19.1 Å². The Bertz CT molecular complexity index is 1150. The molecular formula is C28H36N4O4. The lowest BCUT2D eigenvalue weighted by Crippen LogP contribution is -2.61. The van der Waals surface area contributed by atoms with Gasteiger partial charge in [-0.3, -0.25) is 4.79 Å². The summed E-state index contributed by atoms with van der Waals surface area (Å²) < 4.78 is 11.5. The molecule has 2 aliphatic heterocycles. The van der Waals surface area contributed by atoms with E-state index in [1.165, 1.54) is 0 Å². The maximum atomic E-state index is 13.9. The summed E-state index contributed by atoms with van der Waals surface area (Å²) >= 11 is 0.